The van der Waals surface area contributed by atoms with Crippen LogP contribution in [-0.2, 0) is 6.42 Å². The fourth-order valence-corrected chi connectivity index (χ4v) is 4.26. The molecule has 4 aromatic rings. The van der Waals surface area contributed by atoms with E-state index in [1.807, 2.05) is 52.5 Å². The summed E-state index contributed by atoms with van der Waals surface area (Å²) in [6.45, 7) is 0.670. The van der Waals surface area contributed by atoms with Crippen LogP contribution in [0.5, 0.6) is 0 Å². The van der Waals surface area contributed by atoms with E-state index in [9.17, 15) is 0 Å². The first kappa shape index (κ1) is 20.5. The van der Waals surface area contributed by atoms with Crippen LogP contribution in [0.4, 0.5) is 0 Å². The molecule has 0 spiro atoms. The van der Waals surface area contributed by atoms with E-state index in [1.165, 1.54) is 16.9 Å². The fourth-order valence-electron chi connectivity index (χ4n) is 2.90. The molecule has 0 fully saturated rings. The zero-order valence-corrected chi connectivity index (χ0v) is 18.3. The van der Waals surface area contributed by atoms with Crippen molar-refractivity contribution in [1.82, 2.24) is 9.66 Å². The van der Waals surface area contributed by atoms with Gasteiger partial charge in [0.25, 0.3) is 0 Å². The quantitative estimate of drug-likeness (QED) is 0.333. The molecule has 0 saturated heterocycles. The molecule has 0 bridgehead atoms. The first-order valence-corrected chi connectivity index (χ1v) is 11.0. The topological polar surface area (TPSA) is 42.5 Å². The van der Waals surface area contributed by atoms with Crippen LogP contribution in [0, 0.1) is 0 Å². The Morgan fingerprint density at radius 3 is 2.57 bits per heavy atom. The lowest BCUT2D eigenvalue weighted by Crippen LogP contribution is -2.13. The normalized spacial score (nSPS) is 12.0. The second kappa shape index (κ2) is 9.85. The van der Waals surface area contributed by atoms with Crippen LogP contribution < -0.4 is 4.80 Å². The van der Waals surface area contributed by atoms with Crippen molar-refractivity contribution in [1.29, 1.82) is 0 Å². The second-order valence-corrected chi connectivity index (χ2v) is 8.16. The van der Waals surface area contributed by atoms with Crippen molar-refractivity contribution in [2.45, 2.75) is 6.42 Å². The van der Waals surface area contributed by atoms with E-state index in [4.69, 9.17) is 33.3 Å². The second-order valence-electron chi connectivity index (χ2n) is 6.48. The van der Waals surface area contributed by atoms with Crippen molar-refractivity contribution in [3.8, 4) is 11.3 Å². The third kappa shape index (κ3) is 5.05. The van der Waals surface area contributed by atoms with Gasteiger partial charge in [-0.05, 0) is 47.9 Å². The number of aromatic nitrogens is 2. The van der Waals surface area contributed by atoms with Gasteiger partial charge < -0.3 is 0 Å². The Bertz CT molecular complexity index is 1210. The average molecular weight is 453 g/mol. The minimum absolute atomic E-state index is 0.573. The molecular formula is C23H18Cl2N4S. The van der Waals surface area contributed by atoms with Crippen LogP contribution in [0.15, 0.2) is 88.5 Å². The maximum Gasteiger partial charge on any atom is 0.206 e. The molecule has 0 radical (unpaired) electrons. The molecule has 0 aliphatic heterocycles. The van der Waals surface area contributed by atoms with Gasteiger partial charge in [-0.1, -0.05) is 53.5 Å². The standard InChI is InChI=1S/C23H18Cl2N4S/c24-19-6-7-20(21(25)14-19)22-16-30-23(27-13-10-17-4-2-1-3-5-17)29(22)28-15-18-8-11-26-12-9-18/h1-9,11-12,14-16H,10,13H2. The number of halogens is 2. The molecule has 0 aliphatic rings. The molecule has 0 N–H and O–H groups in total. The van der Waals surface area contributed by atoms with E-state index in [1.54, 1.807) is 24.7 Å². The number of hydrogen-bond acceptors (Lipinski definition) is 4. The van der Waals surface area contributed by atoms with Crippen molar-refractivity contribution in [3.63, 3.8) is 0 Å². The Hall–Kier alpha value is -2.73. The molecule has 0 unspecified atom stereocenters. The fraction of sp³-hybridized carbons (Fsp3) is 0.0870. The summed E-state index contributed by atoms with van der Waals surface area (Å²) in [5.41, 5.74) is 3.93. The summed E-state index contributed by atoms with van der Waals surface area (Å²) in [4.78, 5) is 9.64. The van der Waals surface area contributed by atoms with E-state index in [0.29, 0.717) is 16.6 Å². The van der Waals surface area contributed by atoms with Crippen LogP contribution in [0.1, 0.15) is 11.1 Å². The zero-order chi connectivity index (χ0) is 20.8. The summed E-state index contributed by atoms with van der Waals surface area (Å²) in [5.74, 6) is 0. The Kier molecular flexibility index (Phi) is 6.74. The highest BCUT2D eigenvalue weighted by molar-refractivity contribution is 7.07. The Morgan fingerprint density at radius 1 is 1.00 bits per heavy atom. The van der Waals surface area contributed by atoms with E-state index in [-0.39, 0.29) is 0 Å². The summed E-state index contributed by atoms with van der Waals surface area (Å²) < 4.78 is 1.82. The molecule has 2 heterocycles. The molecule has 7 heteroatoms. The molecule has 0 amide bonds. The van der Waals surface area contributed by atoms with Crippen LogP contribution in [-0.4, -0.2) is 22.4 Å². The van der Waals surface area contributed by atoms with Crippen molar-refractivity contribution in [2.75, 3.05) is 6.54 Å². The lowest BCUT2D eigenvalue weighted by molar-refractivity contribution is 0.816. The Balaban J connectivity index is 1.71. The lowest BCUT2D eigenvalue weighted by atomic mass is 10.2. The third-order valence-electron chi connectivity index (χ3n) is 4.41. The van der Waals surface area contributed by atoms with Gasteiger partial charge in [0.1, 0.15) is 0 Å². The largest absolute Gasteiger partial charge is 0.265 e. The maximum atomic E-state index is 6.46. The first-order chi connectivity index (χ1) is 14.7. The van der Waals surface area contributed by atoms with Gasteiger partial charge in [0.05, 0.1) is 16.9 Å². The van der Waals surface area contributed by atoms with Gasteiger partial charge in [0.15, 0.2) is 0 Å². The number of thiazole rings is 1. The van der Waals surface area contributed by atoms with E-state index in [2.05, 4.69) is 17.1 Å². The highest BCUT2D eigenvalue weighted by Crippen LogP contribution is 2.30. The summed E-state index contributed by atoms with van der Waals surface area (Å²) in [6, 6.07) is 19.6. The summed E-state index contributed by atoms with van der Waals surface area (Å²) in [5, 5.41) is 7.87. The van der Waals surface area contributed by atoms with Crippen LogP contribution >= 0.6 is 34.5 Å². The van der Waals surface area contributed by atoms with Crippen LogP contribution in [0.2, 0.25) is 10.0 Å². The number of benzene rings is 2. The van der Waals surface area contributed by atoms with Gasteiger partial charge in [-0.15, -0.1) is 11.3 Å². The number of hydrogen-bond donors (Lipinski definition) is 0. The van der Waals surface area contributed by atoms with E-state index >= 15 is 0 Å². The first-order valence-electron chi connectivity index (χ1n) is 9.35. The van der Waals surface area contributed by atoms with Crippen LogP contribution in [0.25, 0.3) is 11.3 Å². The highest BCUT2D eigenvalue weighted by Gasteiger charge is 2.11. The van der Waals surface area contributed by atoms with Gasteiger partial charge >= 0.3 is 0 Å². The maximum absolute atomic E-state index is 6.46. The third-order valence-corrected chi connectivity index (χ3v) is 5.81. The van der Waals surface area contributed by atoms with Gasteiger partial charge in [-0.25, -0.2) is 4.68 Å². The average Bonchev–Trinajstić information content (AvgIpc) is 3.16. The minimum Gasteiger partial charge on any atom is -0.265 e. The van der Waals surface area contributed by atoms with Crippen molar-refractivity contribution >= 4 is 40.8 Å². The predicted octanol–water partition coefficient (Wildman–Crippen LogP) is 5.94. The SMILES string of the molecule is Clc1ccc(-c2csc(=NCCc3ccccc3)n2N=Cc2ccncc2)c(Cl)c1. The summed E-state index contributed by atoms with van der Waals surface area (Å²) >= 11 is 14.1. The van der Waals surface area contributed by atoms with Gasteiger partial charge in [-0.3, -0.25) is 9.98 Å². The number of nitrogens with zero attached hydrogens (tertiary/aromatic N) is 4. The molecule has 150 valence electrons. The zero-order valence-electron chi connectivity index (χ0n) is 16.0. The highest BCUT2D eigenvalue weighted by atomic mass is 35.5. The molecule has 2 aromatic heterocycles. The van der Waals surface area contributed by atoms with E-state index in [0.717, 1.165) is 28.0 Å². The monoisotopic (exact) mass is 452 g/mol. The van der Waals surface area contributed by atoms with E-state index < -0.39 is 0 Å². The smallest absolute Gasteiger partial charge is 0.206 e. The molecule has 4 rings (SSSR count). The van der Waals surface area contributed by atoms with Gasteiger partial charge in [0.2, 0.25) is 4.80 Å². The number of rotatable bonds is 6. The van der Waals surface area contributed by atoms with Crippen molar-refractivity contribution < 1.29 is 0 Å². The molecule has 0 saturated carbocycles. The lowest BCUT2D eigenvalue weighted by Gasteiger charge is -2.06. The molecule has 0 atom stereocenters. The molecule has 2 aromatic carbocycles. The molecule has 30 heavy (non-hydrogen) atoms. The number of pyridine rings is 1. The van der Waals surface area contributed by atoms with Gasteiger partial charge in [-0.2, -0.15) is 5.10 Å². The van der Waals surface area contributed by atoms with Crippen molar-refractivity contribution in [2.24, 2.45) is 10.1 Å². The van der Waals surface area contributed by atoms with Gasteiger partial charge in [0, 0.05) is 34.9 Å². The predicted molar refractivity (Wildman–Crippen MR) is 126 cm³/mol. The molecule has 4 nitrogen and oxygen atoms in total. The summed E-state index contributed by atoms with van der Waals surface area (Å²) in [7, 11) is 0. The Morgan fingerprint density at radius 2 is 1.80 bits per heavy atom. The Labute approximate surface area is 188 Å². The van der Waals surface area contributed by atoms with Crippen LogP contribution in [0.3, 0.4) is 0 Å². The minimum atomic E-state index is 0.573. The van der Waals surface area contributed by atoms with Crippen molar-refractivity contribution in [3.05, 3.63) is 104 Å². The molecular weight excluding hydrogens is 435 g/mol. The molecule has 0 aliphatic carbocycles. The summed E-state index contributed by atoms with van der Waals surface area (Å²) in [6.07, 6.45) is 6.13.